The molecular weight excluding hydrogens is 124 g/mol. The lowest BCUT2D eigenvalue weighted by atomic mass is 10.1. The van der Waals surface area contributed by atoms with Crippen molar-refractivity contribution < 1.29 is 4.74 Å². The van der Waals surface area contributed by atoms with Crippen molar-refractivity contribution in [2.45, 2.75) is 51.6 Å². The third-order valence-corrected chi connectivity index (χ3v) is 2.32. The average molecular weight is 142 g/mol. The molecule has 1 saturated carbocycles. The van der Waals surface area contributed by atoms with Crippen LogP contribution in [0.15, 0.2) is 0 Å². The van der Waals surface area contributed by atoms with Gasteiger partial charge in [-0.2, -0.15) is 0 Å². The van der Waals surface area contributed by atoms with Crippen LogP contribution in [0.5, 0.6) is 0 Å². The maximum atomic E-state index is 5.74. The molecule has 1 nitrogen and oxygen atoms in total. The van der Waals surface area contributed by atoms with E-state index in [2.05, 4.69) is 13.8 Å². The van der Waals surface area contributed by atoms with E-state index in [0.717, 1.165) is 13.0 Å². The quantitative estimate of drug-likeness (QED) is 0.588. The van der Waals surface area contributed by atoms with Crippen LogP contribution in [-0.2, 0) is 4.74 Å². The van der Waals surface area contributed by atoms with Gasteiger partial charge in [0.2, 0.25) is 0 Å². The summed E-state index contributed by atoms with van der Waals surface area (Å²) in [5.41, 5.74) is 0.246. The zero-order valence-electron chi connectivity index (χ0n) is 7.15. The second-order valence-corrected chi connectivity index (χ2v) is 3.51. The van der Waals surface area contributed by atoms with Crippen LogP contribution in [0, 0.1) is 0 Å². The molecule has 0 heterocycles. The van der Waals surface area contributed by atoms with Gasteiger partial charge in [0.15, 0.2) is 0 Å². The molecule has 0 bridgehead atoms. The Kier molecular flexibility index (Phi) is 2.72. The normalized spacial score (nSPS) is 23.4. The van der Waals surface area contributed by atoms with Crippen molar-refractivity contribution >= 4 is 0 Å². The summed E-state index contributed by atoms with van der Waals surface area (Å²) in [5, 5.41) is 0. The first-order valence-corrected chi connectivity index (χ1v) is 4.41. The summed E-state index contributed by atoms with van der Waals surface area (Å²) in [6.07, 6.45) is 6.41. The first-order valence-electron chi connectivity index (χ1n) is 4.41. The Bertz CT molecular complexity index is 92.9. The molecule has 0 aliphatic heterocycles. The molecule has 0 amide bonds. The maximum Gasteiger partial charge on any atom is 0.0654 e. The van der Waals surface area contributed by atoms with Gasteiger partial charge in [-0.15, -0.1) is 0 Å². The van der Waals surface area contributed by atoms with Crippen molar-refractivity contribution in [3.63, 3.8) is 0 Å². The van der Waals surface area contributed by atoms with Crippen molar-refractivity contribution in [3.05, 3.63) is 0 Å². The summed E-state index contributed by atoms with van der Waals surface area (Å²) in [6, 6.07) is 0. The van der Waals surface area contributed by atoms with Gasteiger partial charge in [0.05, 0.1) is 5.60 Å². The summed E-state index contributed by atoms with van der Waals surface area (Å²) in [5.74, 6) is 0. The van der Waals surface area contributed by atoms with Crippen molar-refractivity contribution in [3.8, 4) is 0 Å². The predicted molar refractivity (Wildman–Crippen MR) is 43.1 cm³/mol. The van der Waals surface area contributed by atoms with Crippen LogP contribution >= 0.6 is 0 Å². The zero-order valence-corrected chi connectivity index (χ0v) is 7.15. The van der Waals surface area contributed by atoms with Crippen LogP contribution in [0.1, 0.15) is 46.0 Å². The molecule has 1 aliphatic carbocycles. The van der Waals surface area contributed by atoms with Gasteiger partial charge < -0.3 is 4.74 Å². The van der Waals surface area contributed by atoms with Crippen LogP contribution in [0.3, 0.4) is 0 Å². The van der Waals surface area contributed by atoms with Gasteiger partial charge in [-0.1, -0.05) is 19.8 Å². The van der Waals surface area contributed by atoms with E-state index in [1.807, 2.05) is 0 Å². The van der Waals surface area contributed by atoms with E-state index in [9.17, 15) is 0 Å². The van der Waals surface area contributed by atoms with Gasteiger partial charge >= 0.3 is 0 Å². The highest BCUT2D eigenvalue weighted by molar-refractivity contribution is 4.81. The van der Waals surface area contributed by atoms with E-state index in [0.29, 0.717) is 0 Å². The highest BCUT2D eigenvalue weighted by Gasteiger charge is 2.28. The summed E-state index contributed by atoms with van der Waals surface area (Å²) in [7, 11) is 0. The van der Waals surface area contributed by atoms with Gasteiger partial charge in [-0.3, -0.25) is 0 Å². The van der Waals surface area contributed by atoms with Gasteiger partial charge in [-0.25, -0.2) is 0 Å². The van der Waals surface area contributed by atoms with Crippen LogP contribution in [0.4, 0.5) is 0 Å². The fourth-order valence-corrected chi connectivity index (χ4v) is 1.62. The molecule has 60 valence electrons. The van der Waals surface area contributed by atoms with Crippen molar-refractivity contribution in [1.82, 2.24) is 0 Å². The molecule has 0 N–H and O–H groups in total. The minimum absolute atomic E-state index is 0.246. The third-order valence-electron chi connectivity index (χ3n) is 2.32. The lowest BCUT2D eigenvalue weighted by molar-refractivity contribution is -0.0257. The second kappa shape index (κ2) is 3.38. The van der Waals surface area contributed by atoms with E-state index in [4.69, 9.17) is 4.74 Å². The maximum absolute atomic E-state index is 5.74. The van der Waals surface area contributed by atoms with E-state index in [-0.39, 0.29) is 5.60 Å². The Balaban J connectivity index is 2.22. The fraction of sp³-hybridized carbons (Fsp3) is 1.00. The smallest absolute Gasteiger partial charge is 0.0654 e. The zero-order chi connectivity index (χ0) is 7.45. The highest BCUT2D eigenvalue weighted by atomic mass is 16.5. The van der Waals surface area contributed by atoms with Crippen molar-refractivity contribution in [1.29, 1.82) is 0 Å². The molecular formula is C9H18O. The van der Waals surface area contributed by atoms with E-state index in [1.54, 1.807) is 0 Å². The molecule has 1 aliphatic rings. The molecule has 1 rings (SSSR count). The fourth-order valence-electron chi connectivity index (χ4n) is 1.62. The van der Waals surface area contributed by atoms with Gasteiger partial charge in [0.1, 0.15) is 0 Å². The molecule has 1 fully saturated rings. The van der Waals surface area contributed by atoms with Gasteiger partial charge in [-0.05, 0) is 26.2 Å². The van der Waals surface area contributed by atoms with Crippen LogP contribution in [0.2, 0.25) is 0 Å². The topological polar surface area (TPSA) is 9.23 Å². The lowest BCUT2D eigenvalue weighted by Crippen LogP contribution is -2.24. The van der Waals surface area contributed by atoms with Crippen LogP contribution in [-0.4, -0.2) is 12.2 Å². The minimum atomic E-state index is 0.246. The molecule has 0 spiro atoms. The lowest BCUT2D eigenvalue weighted by Gasteiger charge is -2.23. The first kappa shape index (κ1) is 8.06. The van der Waals surface area contributed by atoms with E-state index >= 15 is 0 Å². The average Bonchev–Trinajstić information content (AvgIpc) is 2.33. The number of hydrogen-bond donors (Lipinski definition) is 0. The molecule has 1 heteroatoms. The third kappa shape index (κ3) is 1.98. The second-order valence-electron chi connectivity index (χ2n) is 3.51. The van der Waals surface area contributed by atoms with Crippen LogP contribution in [0.25, 0.3) is 0 Å². The Hall–Kier alpha value is -0.0400. The van der Waals surface area contributed by atoms with E-state index < -0.39 is 0 Å². The molecule has 0 aromatic heterocycles. The predicted octanol–water partition coefficient (Wildman–Crippen LogP) is 2.75. The molecule has 0 atom stereocenters. The Morgan fingerprint density at radius 1 is 1.30 bits per heavy atom. The molecule has 0 unspecified atom stereocenters. The Morgan fingerprint density at radius 2 is 1.90 bits per heavy atom. The summed E-state index contributed by atoms with van der Waals surface area (Å²) < 4.78 is 5.74. The summed E-state index contributed by atoms with van der Waals surface area (Å²) in [4.78, 5) is 0. The number of hydrogen-bond acceptors (Lipinski definition) is 1. The van der Waals surface area contributed by atoms with Crippen molar-refractivity contribution in [2.75, 3.05) is 6.61 Å². The van der Waals surface area contributed by atoms with Gasteiger partial charge in [0, 0.05) is 6.61 Å². The monoisotopic (exact) mass is 142 g/mol. The highest BCUT2D eigenvalue weighted by Crippen LogP contribution is 2.32. The Morgan fingerprint density at radius 3 is 2.40 bits per heavy atom. The standard InChI is InChI=1S/C9H18O/c1-3-8-10-9(2)6-4-5-7-9/h3-8H2,1-2H3. The molecule has 0 aromatic carbocycles. The molecule has 0 saturated heterocycles. The first-order chi connectivity index (χ1) is 4.77. The number of rotatable bonds is 3. The van der Waals surface area contributed by atoms with Crippen LogP contribution < -0.4 is 0 Å². The molecule has 0 aromatic rings. The SMILES string of the molecule is CCCOC1(C)CCCC1. The minimum Gasteiger partial charge on any atom is -0.375 e. The van der Waals surface area contributed by atoms with E-state index in [1.165, 1.54) is 25.7 Å². The number of ether oxygens (including phenoxy) is 1. The summed E-state index contributed by atoms with van der Waals surface area (Å²) in [6.45, 7) is 5.35. The van der Waals surface area contributed by atoms with Gasteiger partial charge in [0.25, 0.3) is 0 Å². The largest absolute Gasteiger partial charge is 0.375 e. The molecule has 10 heavy (non-hydrogen) atoms. The molecule has 0 radical (unpaired) electrons. The van der Waals surface area contributed by atoms with Crippen molar-refractivity contribution in [2.24, 2.45) is 0 Å². The Labute approximate surface area is 63.8 Å². The summed E-state index contributed by atoms with van der Waals surface area (Å²) >= 11 is 0.